The van der Waals surface area contributed by atoms with Gasteiger partial charge in [0, 0.05) is 0 Å². The molecule has 0 fully saturated rings. The molecule has 0 atom stereocenters. The van der Waals surface area contributed by atoms with Gasteiger partial charge in [0.05, 0.1) is 0 Å². The van der Waals surface area contributed by atoms with Crippen LogP contribution in [0.3, 0.4) is 0 Å². The molecule has 8 heavy (non-hydrogen) atoms. The van der Waals surface area contributed by atoms with Crippen LogP contribution in [0.2, 0.25) is 0 Å². The first-order chi connectivity index (χ1) is 3.55. The van der Waals surface area contributed by atoms with Crippen LogP contribution in [0.5, 0.6) is 0 Å². The molecular weight excluding hydrogens is 136 g/mol. The highest BCUT2D eigenvalue weighted by molar-refractivity contribution is 8.78. The average Bonchev–Trinajstić information content (AvgIpc) is 1.64. The molecular formula is C6H16S2. The maximum absolute atomic E-state index is 4.48. The second kappa shape index (κ2) is 3.67. The lowest BCUT2D eigenvalue weighted by atomic mass is 10.6. The minimum absolute atomic E-state index is 0.00412. The van der Waals surface area contributed by atoms with Crippen molar-refractivity contribution in [2.75, 3.05) is 0 Å². The highest BCUT2D eigenvalue weighted by atomic mass is 33.1. The van der Waals surface area contributed by atoms with E-state index in [0.29, 0.717) is 0 Å². The third-order valence-electron chi connectivity index (χ3n) is 1.06. The summed E-state index contributed by atoms with van der Waals surface area (Å²) in [5, 5.41) is 1.54. The largest absolute Gasteiger partial charge is 0.203 e. The zero-order valence-electron chi connectivity index (χ0n) is 6.05. The second-order valence-electron chi connectivity index (χ2n) is 2.57. The predicted molar refractivity (Wildman–Crippen MR) is 48.2 cm³/mol. The van der Waals surface area contributed by atoms with Gasteiger partial charge in [-0.15, -0.1) is 11.7 Å². The molecule has 0 radical (unpaired) electrons. The molecule has 0 saturated carbocycles. The van der Waals surface area contributed by atoms with Crippen LogP contribution < -0.4 is 0 Å². The Hall–Kier alpha value is 0.700. The van der Waals surface area contributed by atoms with Crippen molar-refractivity contribution in [2.24, 2.45) is 0 Å². The first-order valence-corrected chi connectivity index (χ1v) is 5.66. The van der Waals surface area contributed by atoms with Crippen molar-refractivity contribution in [3.63, 3.8) is 0 Å². The topological polar surface area (TPSA) is 0 Å². The van der Waals surface area contributed by atoms with E-state index in [-0.39, 0.29) is 9.93 Å². The predicted octanol–water partition coefficient (Wildman–Crippen LogP) is 2.65. The maximum Gasteiger partial charge on any atom is -0.0109 e. The van der Waals surface area contributed by atoms with E-state index in [4.69, 9.17) is 0 Å². The fraction of sp³-hybridized carbons (Fsp3) is 1.00. The molecule has 0 aromatic rings. The van der Waals surface area contributed by atoms with E-state index in [1.165, 1.54) is 0 Å². The number of hydrogen-bond donors (Lipinski definition) is 2. The molecule has 0 amide bonds. The minimum atomic E-state index is -0.00412. The summed E-state index contributed by atoms with van der Waals surface area (Å²) in [5.74, 6) is 0. The van der Waals surface area contributed by atoms with Crippen LogP contribution in [0, 0.1) is 0 Å². The van der Waals surface area contributed by atoms with Crippen molar-refractivity contribution in [3.05, 3.63) is 0 Å². The van der Waals surface area contributed by atoms with Crippen LogP contribution >= 0.6 is 21.6 Å². The van der Waals surface area contributed by atoms with Gasteiger partial charge in [0.25, 0.3) is 0 Å². The summed E-state index contributed by atoms with van der Waals surface area (Å²) < 4.78 is 0. The Morgan fingerprint density at radius 1 is 1.00 bits per heavy atom. The molecule has 0 nitrogen and oxygen atoms in total. The summed E-state index contributed by atoms with van der Waals surface area (Å²) in [4.78, 5) is 0. The zero-order chi connectivity index (χ0) is 6.73. The lowest BCUT2D eigenvalue weighted by molar-refractivity contribution is 1.05. The Morgan fingerprint density at radius 3 is 1.25 bits per heavy atom. The lowest BCUT2D eigenvalue weighted by Gasteiger charge is -2.22. The molecule has 0 rings (SSSR count). The van der Waals surface area contributed by atoms with E-state index in [1.807, 2.05) is 0 Å². The highest BCUT2D eigenvalue weighted by Crippen LogP contribution is 2.40. The van der Waals surface area contributed by atoms with Gasteiger partial charge in [-0.3, -0.25) is 0 Å². The Balaban J connectivity index is 3.46. The molecule has 0 unspecified atom stereocenters. The van der Waals surface area contributed by atoms with Crippen LogP contribution in [-0.2, 0) is 0 Å². The average molecular weight is 152 g/mol. The van der Waals surface area contributed by atoms with Crippen molar-refractivity contribution < 1.29 is 0 Å². The summed E-state index contributed by atoms with van der Waals surface area (Å²) in [7, 11) is -0.00412. The Bertz CT molecular complexity index is 51.5. The molecule has 52 valence electrons. The van der Waals surface area contributed by atoms with E-state index < -0.39 is 0 Å². The first-order valence-electron chi connectivity index (χ1n) is 3.03. The Kier molecular flexibility index (Phi) is 4.00. The molecule has 0 aliphatic heterocycles. The van der Waals surface area contributed by atoms with Crippen LogP contribution in [0.25, 0.3) is 0 Å². The molecule has 0 saturated heterocycles. The van der Waals surface area contributed by atoms with Crippen LogP contribution in [0.1, 0.15) is 27.7 Å². The quantitative estimate of drug-likeness (QED) is 0.441. The highest BCUT2D eigenvalue weighted by Gasteiger charge is 2.06. The van der Waals surface area contributed by atoms with Crippen molar-refractivity contribution in [3.8, 4) is 0 Å². The van der Waals surface area contributed by atoms with Gasteiger partial charge >= 0.3 is 0 Å². The fourth-order valence-electron chi connectivity index (χ4n) is 0.596. The summed E-state index contributed by atoms with van der Waals surface area (Å²) in [6, 6.07) is 0. The van der Waals surface area contributed by atoms with Gasteiger partial charge in [-0.1, -0.05) is 27.7 Å². The maximum atomic E-state index is 4.48. The standard InChI is InChI=1S/C6H16S2/c1-5(2)8(7)6(3)4/h5-8H,1-4H3. The van der Waals surface area contributed by atoms with E-state index in [0.717, 1.165) is 10.5 Å². The van der Waals surface area contributed by atoms with Crippen LogP contribution in [0.4, 0.5) is 0 Å². The van der Waals surface area contributed by atoms with Crippen LogP contribution in [0.15, 0.2) is 0 Å². The molecule has 2 heteroatoms. The second-order valence-corrected chi connectivity index (χ2v) is 6.78. The van der Waals surface area contributed by atoms with Crippen molar-refractivity contribution in [1.82, 2.24) is 0 Å². The van der Waals surface area contributed by atoms with E-state index in [9.17, 15) is 0 Å². The molecule has 0 heterocycles. The number of rotatable bonds is 2. The summed E-state index contributed by atoms with van der Waals surface area (Å²) >= 11 is 4.48. The molecule has 0 aromatic heterocycles. The normalized spacial score (nSPS) is 13.1. The third-order valence-corrected chi connectivity index (χ3v) is 5.95. The third kappa shape index (κ3) is 2.88. The minimum Gasteiger partial charge on any atom is -0.203 e. The van der Waals surface area contributed by atoms with Gasteiger partial charge in [0.1, 0.15) is 0 Å². The van der Waals surface area contributed by atoms with Crippen LogP contribution in [-0.4, -0.2) is 10.5 Å². The molecule has 0 aliphatic carbocycles. The zero-order valence-corrected chi connectivity index (χ0v) is 7.84. The van der Waals surface area contributed by atoms with Gasteiger partial charge in [0.15, 0.2) is 0 Å². The SMILES string of the molecule is CC(C)[SH](S)C(C)C. The first kappa shape index (κ1) is 8.70. The van der Waals surface area contributed by atoms with Gasteiger partial charge in [0.2, 0.25) is 0 Å². The van der Waals surface area contributed by atoms with Gasteiger partial charge in [-0.05, 0) is 10.5 Å². The molecule has 0 N–H and O–H groups in total. The summed E-state index contributed by atoms with van der Waals surface area (Å²) in [5.41, 5.74) is 0. The Morgan fingerprint density at radius 2 is 1.25 bits per heavy atom. The number of thiol groups is 2. The summed E-state index contributed by atoms with van der Waals surface area (Å²) in [6.45, 7) is 8.94. The number of hydrogen-bond acceptors (Lipinski definition) is 1. The van der Waals surface area contributed by atoms with Crippen molar-refractivity contribution in [2.45, 2.75) is 38.2 Å². The van der Waals surface area contributed by atoms with Gasteiger partial charge in [-0.25, -0.2) is 9.93 Å². The van der Waals surface area contributed by atoms with E-state index >= 15 is 0 Å². The molecule has 0 aliphatic rings. The van der Waals surface area contributed by atoms with Crippen molar-refractivity contribution >= 4 is 21.6 Å². The van der Waals surface area contributed by atoms with Crippen molar-refractivity contribution in [1.29, 1.82) is 0 Å². The fourth-order valence-corrected chi connectivity index (χ4v) is 1.79. The van der Waals surface area contributed by atoms with E-state index in [1.54, 1.807) is 0 Å². The summed E-state index contributed by atoms with van der Waals surface area (Å²) in [6.07, 6.45) is 0. The Labute approximate surface area is 60.2 Å². The molecule has 0 spiro atoms. The molecule has 0 aromatic carbocycles. The monoisotopic (exact) mass is 152 g/mol. The molecule has 0 bridgehead atoms. The van der Waals surface area contributed by atoms with Gasteiger partial charge in [-0.2, -0.15) is 0 Å². The van der Waals surface area contributed by atoms with E-state index in [2.05, 4.69) is 39.4 Å². The lowest BCUT2D eigenvalue weighted by Crippen LogP contribution is -2.01. The van der Waals surface area contributed by atoms with Gasteiger partial charge < -0.3 is 0 Å². The smallest absolute Gasteiger partial charge is 0.0109 e.